The van der Waals surface area contributed by atoms with Gasteiger partial charge in [-0.05, 0) is 0 Å². The highest BCUT2D eigenvalue weighted by Gasteiger charge is 2.59. The molecule has 4 unspecified atom stereocenters. The van der Waals surface area contributed by atoms with Crippen molar-refractivity contribution in [2.45, 2.75) is 23.8 Å². The van der Waals surface area contributed by atoms with Crippen LogP contribution >= 0.6 is 0 Å². The van der Waals surface area contributed by atoms with Gasteiger partial charge in [-0.2, -0.15) is 5.06 Å². The van der Waals surface area contributed by atoms with Crippen molar-refractivity contribution in [3.8, 4) is 0 Å². The van der Waals surface area contributed by atoms with Crippen LogP contribution < -0.4 is 0 Å². The molecule has 2 aliphatic heterocycles. The third-order valence-electron chi connectivity index (χ3n) is 3.11. The first kappa shape index (κ1) is 11.4. The summed E-state index contributed by atoms with van der Waals surface area (Å²) in [4.78, 5) is 5.49. The van der Waals surface area contributed by atoms with E-state index in [1.807, 2.05) is 7.05 Å². The van der Waals surface area contributed by atoms with Crippen molar-refractivity contribution in [3.05, 3.63) is 0 Å². The molecule has 2 bridgehead atoms. The number of likely N-dealkylation sites (N-methyl/N-ethyl adjacent to an activating group) is 1. The summed E-state index contributed by atoms with van der Waals surface area (Å²) in [6.07, 6.45) is -0.119. The zero-order chi connectivity index (χ0) is 11.1. The van der Waals surface area contributed by atoms with Gasteiger partial charge in [0, 0.05) is 27.3 Å². The van der Waals surface area contributed by atoms with E-state index in [2.05, 4.69) is 0 Å². The average Bonchev–Trinajstić information content (AvgIpc) is 2.41. The molecule has 0 saturated carbocycles. The van der Waals surface area contributed by atoms with Gasteiger partial charge in [0.2, 0.25) is 0 Å². The number of nitrogens with zero attached hydrogens (tertiary/aromatic N) is 1. The van der Waals surface area contributed by atoms with Gasteiger partial charge in [-0.25, -0.2) is 0 Å². The molecule has 0 aromatic rings. The fourth-order valence-electron chi connectivity index (χ4n) is 2.46. The Hall–Kier alpha value is -0.135. The van der Waals surface area contributed by atoms with Crippen LogP contribution in [0.5, 0.6) is 0 Å². The standard InChI is InChI=1S/C9H16BNO4/c1-11-6-7(13-3)9(4-12-2,5-14-11)15-8(6)10/h6-8H,4-5H2,1-3H3. The van der Waals surface area contributed by atoms with Gasteiger partial charge in [0.15, 0.2) is 0 Å². The Morgan fingerprint density at radius 2 is 2.27 bits per heavy atom. The summed E-state index contributed by atoms with van der Waals surface area (Å²) < 4.78 is 16.4. The van der Waals surface area contributed by atoms with Crippen molar-refractivity contribution >= 4 is 7.85 Å². The van der Waals surface area contributed by atoms with E-state index in [-0.39, 0.29) is 12.1 Å². The van der Waals surface area contributed by atoms with Crippen molar-refractivity contribution in [3.63, 3.8) is 0 Å². The van der Waals surface area contributed by atoms with E-state index in [9.17, 15) is 0 Å². The molecule has 5 nitrogen and oxygen atoms in total. The zero-order valence-electron chi connectivity index (χ0n) is 9.30. The first-order chi connectivity index (χ1) is 7.14. The van der Waals surface area contributed by atoms with Crippen LogP contribution in [0.4, 0.5) is 0 Å². The maximum atomic E-state index is 5.91. The monoisotopic (exact) mass is 213 g/mol. The Labute approximate surface area is 91.0 Å². The molecule has 2 rings (SSSR count). The molecular formula is C9H16BNO4. The predicted octanol–water partition coefficient (Wildman–Crippen LogP) is -0.843. The molecule has 84 valence electrons. The summed E-state index contributed by atoms with van der Waals surface area (Å²) in [6.45, 7) is 0.823. The number of hydrogen-bond acceptors (Lipinski definition) is 5. The van der Waals surface area contributed by atoms with Gasteiger partial charge < -0.3 is 14.2 Å². The maximum absolute atomic E-state index is 5.91. The lowest BCUT2D eigenvalue weighted by atomic mass is 9.86. The van der Waals surface area contributed by atoms with Crippen LogP contribution in [0, 0.1) is 0 Å². The van der Waals surface area contributed by atoms with E-state index in [4.69, 9.17) is 26.9 Å². The molecule has 0 aliphatic carbocycles. The Bertz CT molecular complexity index is 242. The molecule has 0 aromatic carbocycles. The molecular weight excluding hydrogens is 197 g/mol. The molecule has 2 heterocycles. The maximum Gasteiger partial charge on any atom is 0.144 e. The zero-order valence-corrected chi connectivity index (χ0v) is 9.30. The number of fused-ring (bicyclic) bond motifs is 2. The van der Waals surface area contributed by atoms with Crippen molar-refractivity contribution in [2.75, 3.05) is 34.5 Å². The van der Waals surface area contributed by atoms with Crippen LogP contribution in [-0.2, 0) is 19.0 Å². The Kier molecular flexibility index (Phi) is 3.05. The summed E-state index contributed by atoms with van der Waals surface area (Å²) in [5.74, 6) is 0. The lowest BCUT2D eigenvalue weighted by Gasteiger charge is -2.41. The molecule has 2 saturated heterocycles. The van der Waals surface area contributed by atoms with Gasteiger partial charge in [0.05, 0.1) is 12.6 Å². The van der Waals surface area contributed by atoms with E-state index in [1.54, 1.807) is 19.3 Å². The molecule has 6 heteroatoms. The summed E-state index contributed by atoms with van der Waals surface area (Å²) in [7, 11) is 11.0. The van der Waals surface area contributed by atoms with Crippen molar-refractivity contribution < 1.29 is 19.0 Å². The molecule has 2 radical (unpaired) electrons. The van der Waals surface area contributed by atoms with Crippen LogP contribution in [-0.4, -0.2) is 71.1 Å². The molecule has 0 N–H and O–H groups in total. The van der Waals surface area contributed by atoms with E-state index in [0.29, 0.717) is 13.2 Å². The van der Waals surface area contributed by atoms with E-state index in [0.717, 1.165) is 0 Å². The van der Waals surface area contributed by atoms with Gasteiger partial charge in [0.25, 0.3) is 0 Å². The van der Waals surface area contributed by atoms with Gasteiger partial charge in [0.1, 0.15) is 26.2 Å². The third-order valence-corrected chi connectivity index (χ3v) is 3.11. The van der Waals surface area contributed by atoms with Crippen molar-refractivity contribution in [1.82, 2.24) is 5.06 Å². The second-order valence-electron chi connectivity index (χ2n) is 4.05. The molecule has 0 spiro atoms. The molecule has 2 aliphatic rings. The fourth-order valence-corrected chi connectivity index (χ4v) is 2.46. The second-order valence-corrected chi connectivity index (χ2v) is 4.05. The highest BCUT2D eigenvalue weighted by atomic mass is 16.7. The average molecular weight is 213 g/mol. The van der Waals surface area contributed by atoms with E-state index in [1.165, 1.54) is 0 Å². The van der Waals surface area contributed by atoms with Crippen LogP contribution in [0.2, 0.25) is 0 Å². The summed E-state index contributed by atoms with van der Waals surface area (Å²) >= 11 is 0. The highest BCUT2D eigenvalue weighted by Crippen LogP contribution is 2.39. The normalized spacial score (nSPS) is 45.9. The van der Waals surface area contributed by atoms with E-state index >= 15 is 0 Å². The minimum Gasteiger partial charge on any atom is -0.381 e. The minimum atomic E-state index is -0.569. The largest absolute Gasteiger partial charge is 0.381 e. The summed E-state index contributed by atoms with van der Waals surface area (Å²) in [6, 6.07) is -0.489. The quantitative estimate of drug-likeness (QED) is 0.571. The van der Waals surface area contributed by atoms with Crippen molar-refractivity contribution in [1.29, 1.82) is 0 Å². The lowest BCUT2D eigenvalue weighted by molar-refractivity contribution is -0.261. The molecule has 15 heavy (non-hydrogen) atoms. The SMILES string of the molecule is [B]C1OC2(COC)CON(C)C1C2OC. The number of ether oxygens (including phenoxy) is 3. The van der Waals surface area contributed by atoms with Gasteiger partial charge in [-0.15, -0.1) is 0 Å². The first-order valence-electron chi connectivity index (χ1n) is 4.95. The third kappa shape index (κ3) is 1.61. The van der Waals surface area contributed by atoms with Gasteiger partial charge >= 0.3 is 0 Å². The Morgan fingerprint density at radius 3 is 2.87 bits per heavy atom. The number of hydroxylamine groups is 2. The van der Waals surface area contributed by atoms with Gasteiger partial charge in [-0.1, -0.05) is 0 Å². The lowest BCUT2D eigenvalue weighted by Crippen LogP contribution is -2.60. The minimum absolute atomic E-state index is 0.0844. The fraction of sp³-hybridized carbons (Fsp3) is 1.00. The highest BCUT2D eigenvalue weighted by molar-refractivity contribution is 6.11. The number of hydrogen-bond donors (Lipinski definition) is 0. The smallest absolute Gasteiger partial charge is 0.144 e. The number of methoxy groups -OCH3 is 2. The Balaban J connectivity index is 2.25. The molecule has 4 atom stereocenters. The van der Waals surface area contributed by atoms with Crippen molar-refractivity contribution in [2.24, 2.45) is 0 Å². The molecule has 2 fully saturated rings. The first-order valence-corrected chi connectivity index (χ1v) is 4.95. The predicted molar refractivity (Wildman–Crippen MR) is 53.5 cm³/mol. The topological polar surface area (TPSA) is 40.2 Å². The summed E-state index contributed by atoms with van der Waals surface area (Å²) in [5.41, 5.74) is -0.569. The summed E-state index contributed by atoms with van der Waals surface area (Å²) in [5, 5.41) is 1.71. The Morgan fingerprint density at radius 1 is 1.53 bits per heavy atom. The van der Waals surface area contributed by atoms with Crippen LogP contribution in [0.15, 0.2) is 0 Å². The van der Waals surface area contributed by atoms with Crippen LogP contribution in [0.3, 0.4) is 0 Å². The van der Waals surface area contributed by atoms with Gasteiger partial charge in [-0.3, -0.25) is 4.84 Å². The second kappa shape index (κ2) is 4.03. The number of rotatable bonds is 3. The molecule has 0 amide bonds. The van der Waals surface area contributed by atoms with Crippen LogP contribution in [0.1, 0.15) is 0 Å². The van der Waals surface area contributed by atoms with Crippen LogP contribution in [0.25, 0.3) is 0 Å². The van der Waals surface area contributed by atoms with E-state index < -0.39 is 11.6 Å². The molecule has 0 aromatic heterocycles.